The van der Waals surface area contributed by atoms with Gasteiger partial charge in [0, 0.05) is 39.4 Å². The van der Waals surface area contributed by atoms with Gasteiger partial charge in [-0.15, -0.1) is 0 Å². The van der Waals surface area contributed by atoms with Crippen molar-refractivity contribution >= 4 is 5.91 Å². The molecule has 1 N–H and O–H groups in total. The second-order valence-corrected chi connectivity index (χ2v) is 5.73. The quantitative estimate of drug-likeness (QED) is 0.638. The van der Waals surface area contributed by atoms with Crippen LogP contribution in [-0.2, 0) is 9.53 Å². The van der Waals surface area contributed by atoms with Gasteiger partial charge in [0.25, 0.3) is 0 Å². The summed E-state index contributed by atoms with van der Waals surface area (Å²) in [6.07, 6.45) is 3.68. The van der Waals surface area contributed by atoms with E-state index in [1.807, 2.05) is 4.90 Å². The van der Waals surface area contributed by atoms with Crippen LogP contribution in [-0.4, -0.2) is 75.2 Å². The van der Waals surface area contributed by atoms with Crippen LogP contribution in [0.3, 0.4) is 0 Å². The van der Waals surface area contributed by atoms with Crippen molar-refractivity contribution in [3.05, 3.63) is 0 Å². The van der Waals surface area contributed by atoms with E-state index in [-0.39, 0.29) is 5.91 Å². The molecule has 1 saturated carbocycles. The van der Waals surface area contributed by atoms with Crippen LogP contribution in [0, 0.1) is 5.92 Å². The zero-order valence-electron chi connectivity index (χ0n) is 12.1. The minimum atomic E-state index is 0.229. The van der Waals surface area contributed by atoms with Crippen LogP contribution in [0.2, 0.25) is 0 Å². The molecular weight excluding hydrogens is 242 g/mol. The number of rotatable bonds is 8. The summed E-state index contributed by atoms with van der Waals surface area (Å²) in [6.45, 7) is 6.77. The molecule has 1 saturated heterocycles. The predicted molar refractivity (Wildman–Crippen MR) is 75.1 cm³/mol. The van der Waals surface area contributed by atoms with Crippen molar-refractivity contribution in [2.75, 3.05) is 59.5 Å². The van der Waals surface area contributed by atoms with E-state index < -0.39 is 0 Å². The summed E-state index contributed by atoms with van der Waals surface area (Å²) in [5, 5.41) is 3.21. The molecule has 0 atom stereocenters. The molecule has 0 unspecified atom stereocenters. The Balaban J connectivity index is 1.42. The number of ether oxygens (including phenoxy) is 1. The number of carbonyl (C=O) groups is 1. The van der Waals surface area contributed by atoms with Gasteiger partial charge in [0.1, 0.15) is 0 Å². The van der Waals surface area contributed by atoms with Crippen molar-refractivity contribution in [1.82, 2.24) is 15.1 Å². The molecule has 5 nitrogen and oxygen atoms in total. The number of hydrogen-bond donors (Lipinski definition) is 1. The van der Waals surface area contributed by atoms with Gasteiger partial charge in [-0.1, -0.05) is 0 Å². The van der Waals surface area contributed by atoms with E-state index in [9.17, 15) is 4.79 Å². The largest absolute Gasteiger partial charge is 0.381 e. The lowest BCUT2D eigenvalue weighted by Gasteiger charge is -2.32. The predicted octanol–water partition coefficient (Wildman–Crippen LogP) is 0.167. The minimum Gasteiger partial charge on any atom is -0.381 e. The van der Waals surface area contributed by atoms with Crippen molar-refractivity contribution in [1.29, 1.82) is 0 Å². The third kappa shape index (κ3) is 5.89. The molecule has 0 spiro atoms. The van der Waals surface area contributed by atoms with Gasteiger partial charge in [0.05, 0.1) is 6.54 Å². The molecule has 0 aromatic heterocycles. The van der Waals surface area contributed by atoms with Crippen molar-refractivity contribution < 1.29 is 9.53 Å². The molecule has 2 rings (SSSR count). The maximum Gasteiger partial charge on any atom is 0.236 e. The summed E-state index contributed by atoms with van der Waals surface area (Å²) in [7, 11) is 2.10. The lowest BCUT2D eigenvalue weighted by Crippen LogP contribution is -2.49. The van der Waals surface area contributed by atoms with Crippen LogP contribution in [0.5, 0.6) is 0 Å². The van der Waals surface area contributed by atoms with E-state index in [0.717, 1.165) is 58.3 Å². The van der Waals surface area contributed by atoms with Crippen LogP contribution in [0.1, 0.15) is 19.3 Å². The summed E-state index contributed by atoms with van der Waals surface area (Å²) in [4.78, 5) is 16.1. The number of piperazine rings is 1. The smallest absolute Gasteiger partial charge is 0.236 e. The maximum absolute atomic E-state index is 11.9. The highest BCUT2D eigenvalue weighted by molar-refractivity contribution is 5.78. The van der Waals surface area contributed by atoms with Gasteiger partial charge in [-0.3, -0.25) is 4.79 Å². The lowest BCUT2D eigenvalue weighted by molar-refractivity contribution is -0.131. The average molecular weight is 269 g/mol. The van der Waals surface area contributed by atoms with E-state index in [2.05, 4.69) is 17.3 Å². The molecule has 1 aliphatic carbocycles. The molecule has 1 amide bonds. The van der Waals surface area contributed by atoms with E-state index in [0.29, 0.717) is 6.54 Å². The molecule has 0 aromatic carbocycles. The third-order valence-electron chi connectivity index (χ3n) is 3.82. The Kier molecular flexibility index (Phi) is 6.07. The molecule has 0 radical (unpaired) electrons. The lowest BCUT2D eigenvalue weighted by atomic mass is 10.3. The van der Waals surface area contributed by atoms with E-state index in [1.165, 1.54) is 12.8 Å². The van der Waals surface area contributed by atoms with Crippen molar-refractivity contribution in [2.24, 2.45) is 5.92 Å². The molecule has 19 heavy (non-hydrogen) atoms. The summed E-state index contributed by atoms with van der Waals surface area (Å²) < 4.78 is 5.55. The highest BCUT2D eigenvalue weighted by atomic mass is 16.5. The molecule has 2 fully saturated rings. The van der Waals surface area contributed by atoms with E-state index in [1.54, 1.807) is 0 Å². The van der Waals surface area contributed by atoms with Crippen molar-refractivity contribution in [2.45, 2.75) is 19.3 Å². The van der Waals surface area contributed by atoms with Crippen molar-refractivity contribution in [3.8, 4) is 0 Å². The number of likely N-dealkylation sites (N-methyl/N-ethyl adjacent to an activating group) is 1. The highest BCUT2D eigenvalue weighted by Crippen LogP contribution is 2.28. The molecule has 110 valence electrons. The molecule has 5 heteroatoms. The van der Waals surface area contributed by atoms with Gasteiger partial charge in [-0.25, -0.2) is 0 Å². The second-order valence-electron chi connectivity index (χ2n) is 5.73. The first-order valence-corrected chi connectivity index (χ1v) is 7.50. The Labute approximate surface area is 116 Å². The fraction of sp³-hybridized carbons (Fsp3) is 0.929. The molecule has 1 aliphatic heterocycles. The Morgan fingerprint density at radius 1 is 1.26 bits per heavy atom. The SMILES string of the molecule is CN1CCN(C(=O)CNCCCOCC2CC2)CC1. The van der Waals surface area contributed by atoms with Gasteiger partial charge in [-0.05, 0) is 38.8 Å². The zero-order chi connectivity index (χ0) is 13.5. The second kappa shape index (κ2) is 7.82. The van der Waals surface area contributed by atoms with Gasteiger partial charge < -0.3 is 19.9 Å². The fourth-order valence-corrected chi connectivity index (χ4v) is 2.20. The number of nitrogens with one attached hydrogen (secondary N) is 1. The Hall–Kier alpha value is -0.650. The third-order valence-corrected chi connectivity index (χ3v) is 3.82. The summed E-state index contributed by atoms with van der Waals surface area (Å²) in [6, 6.07) is 0. The first-order valence-electron chi connectivity index (χ1n) is 7.50. The molecule has 2 aliphatic rings. The average Bonchev–Trinajstić information content (AvgIpc) is 3.22. The van der Waals surface area contributed by atoms with Gasteiger partial charge in [-0.2, -0.15) is 0 Å². The number of nitrogens with zero attached hydrogens (tertiary/aromatic N) is 2. The Morgan fingerprint density at radius 2 is 2.00 bits per heavy atom. The molecular formula is C14H27N3O2. The van der Waals surface area contributed by atoms with Crippen molar-refractivity contribution in [3.63, 3.8) is 0 Å². The number of carbonyl (C=O) groups excluding carboxylic acids is 1. The normalized spacial score (nSPS) is 20.8. The topological polar surface area (TPSA) is 44.8 Å². The Morgan fingerprint density at radius 3 is 2.68 bits per heavy atom. The highest BCUT2D eigenvalue weighted by Gasteiger charge is 2.21. The molecule has 0 bridgehead atoms. The number of hydrogen-bond acceptors (Lipinski definition) is 4. The van der Waals surface area contributed by atoms with Crippen LogP contribution in [0.15, 0.2) is 0 Å². The standard InChI is InChI=1S/C14H27N3O2/c1-16-6-8-17(9-7-16)14(18)11-15-5-2-10-19-12-13-3-4-13/h13,15H,2-12H2,1H3. The first kappa shape index (κ1) is 14.8. The van der Waals surface area contributed by atoms with Crippen LogP contribution in [0.4, 0.5) is 0 Å². The monoisotopic (exact) mass is 269 g/mol. The van der Waals surface area contributed by atoms with Gasteiger partial charge in [0.2, 0.25) is 5.91 Å². The first-order chi connectivity index (χ1) is 9.25. The molecule has 0 aromatic rings. The Bertz CT molecular complexity index is 274. The van der Waals surface area contributed by atoms with Gasteiger partial charge in [0.15, 0.2) is 0 Å². The summed E-state index contributed by atoms with van der Waals surface area (Å²) >= 11 is 0. The molecule has 1 heterocycles. The number of amides is 1. The minimum absolute atomic E-state index is 0.229. The van der Waals surface area contributed by atoms with Crippen LogP contribution < -0.4 is 5.32 Å². The van der Waals surface area contributed by atoms with Gasteiger partial charge >= 0.3 is 0 Å². The zero-order valence-corrected chi connectivity index (χ0v) is 12.1. The van der Waals surface area contributed by atoms with E-state index >= 15 is 0 Å². The van der Waals surface area contributed by atoms with E-state index in [4.69, 9.17) is 4.74 Å². The van der Waals surface area contributed by atoms with Crippen LogP contribution in [0.25, 0.3) is 0 Å². The summed E-state index contributed by atoms with van der Waals surface area (Å²) in [5.74, 6) is 1.07. The summed E-state index contributed by atoms with van der Waals surface area (Å²) in [5.41, 5.74) is 0. The maximum atomic E-state index is 11.9. The fourth-order valence-electron chi connectivity index (χ4n) is 2.20. The van der Waals surface area contributed by atoms with Crippen LogP contribution >= 0.6 is 0 Å².